The molecule has 0 unspecified atom stereocenters. The van der Waals surface area contributed by atoms with Crippen molar-refractivity contribution in [1.82, 2.24) is 10.5 Å². The molecule has 0 saturated carbocycles. The Labute approximate surface area is 88.1 Å². The van der Waals surface area contributed by atoms with Crippen LogP contribution in [-0.2, 0) is 13.0 Å². The Balaban J connectivity index is 2.09. The number of rotatable bonds is 1. The van der Waals surface area contributed by atoms with Crippen molar-refractivity contribution in [2.24, 2.45) is 0 Å². The van der Waals surface area contributed by atoms with Gasteiger partial charge in [0.2, 0.25) is 0 Å². The second kappa shape index (κ2) is 3.51. The van der Waals surface area contributed by atoms with Crippen molar-refractivity contribution < 1.29 is 4.52 Å². The van der Waals surface area contributed by atoms with Gasteiger partial charge in [-0.25, -0.2) is 0 Å². The zero-order chi connectivity index (χ0) is 10.1. The van der Waals surface area contributed by atoms with E-state index in [-0.39, 0.29) is 0 Å². The fourth-order valence-corrected chi connectivity index (χ4v) is 1.96. The minimum Gasteiger partial charge on any atom is -0.356 e. The Hall–Kier alpha value is -1.61. The van der Waals surface area contributed by atoms with Gasteiger partial charge in [-0.15, -0.1) is 0 Å². The number of fused-ring (bicyclic) bond motifs is 1. The summed E-state index contributed by atoms with van der Waals surface area (Å²) >= 11 is 0. The van der Waals surface area contributed by atoms with Crippen LogP contribution < -0.4 is 5.32 Å². The molecule has 0 atom stereocenters. The van der Waals surface area contributed by atoms with Crippen molar-refractivity contribution in [3.63, 3.8) is 0 Å². The average Bonchev–Trinajstić information content (AvgIpc) is 2.74. The lowest BCUT2D eigenvalue weighted by molar-refractivity contribution is 0.423. The summed E-state index contributed by atoms with van der Waals surface area (Å²) < 4.78 is 5.41. The topological polar surface area (TPSA) is 38.1 Å². The van der Waals surface area contributed by atoms with Gasteiger partial charge in [0.05, 0.1) is 5.69 Å². The van der Waals surface area contributed by atoms with Gasteiger partial charge in [-0.1, -0.05) is 35.5 Å². The molecule has 0 radical (unpaired) electrons. The van der Waals surface area contributed by atoms with Crippen LogP contribution in [0.3, 0.4) is 0 Å². The first-order valence-electron chi connectivity index (χ1n) is 5.19. The predicted molar refractivity (Wildman–Crippen MR) is 57.3 cm³/mol. The monoisotopic (exact) mass is 200 g/mol. The highest BCUT2D eigenvalue weighted by molar-refractivity contribution is 5.62. The third-order valence-electron chi connectivity index (χ3n) is 2.75. The maximum Gasteiger partial charge on any atom is 0.171 e. The Morgan fingerprint density at radius 1 is 1.20 bits per heavy atom. The summed E-state index contributed by atoms with van der Waals surface area (Å²) in [5.41, 5.74) is 3.43. The largest absolute Gasteiger partial charge is 0.356 e. The molecule has 0 spiro atoms. The van der Waals surface area contributed by atoms with E-state index in [1.165, 1.54) is 5.56 Å². The normalized spacial score (nSPS) is 14.9. The first-order valence-corrected chi connectivity index (χ1v) is 5.19. The molecule has 1 aromatic carbocycles. The van der Waals surface area contributed by atoms with Gasteiger partial charge < -0.3 is 9.84 Å². The summed E-state index contributed by atoms with van der Waals surface area (Å²) in [7, 11) is 0. The second-order valence-electron chi connectivity index (χ2n) is 3.73. The van der Waals surface area contributed by atoms with Crippen LogP contribution in [0.25, 0.3) is 11.3 Å². The van der Waals surface area contributed by atoms with Gasteiger partial charge in [0.15, 0.2) is 5.76 Å². The molecule has 3 heteroatoms. The quantitative estimate of drug-likeness (QED) is 0.765. The molecule has 3 rings (SSSR count). The minimum absolute atomic E-state index is 0.864. The van der Waals surface area contributed by atoms with Crippen LogP contribution >= 0.6 is 0 Å². The smallest absolute Gasteiger partial charge is 0.171 e. The summed E-state index contributed by atoms with van der Waals surface area (Å²) in [5, 5.41) is 7.46. The number of hydrogen-bond donors (Lipinski definition) is 1. The Morgan fingerprint density at radius 2 is 2.07 bits per heavy atom. The van der Waals surface area contributed by atoms with E-state index in [1.807, 2.05) is 18.2 Å². The predicted octanol–water partition coefficient (Wildman–Crippen LogP) is 1.99. The highest BCUT2D eigenvalue weighted by atomic mass is 16.5. The van der Waals surface area contributed by atoms with E-state index >= 15 is 0 Å². The van der Waals surface area contributed by atoms with Crippen molar-refractivity contribution in [2.45, 2.75) is 13.0 Å². The molecule has 0 bridgehead atoms. The zero-order valence-corrected chi connectivity index (χ0v) is 8.36. The van der Waals surface area contributed by atoms with Gasteiger partial charge in [-0.05, 0) is 0 Å². The Morgan fingerprint density at radius 3 is 2.93 bits per heavy atom. The van der Waals surface area contributed by atoms with E-state index in [0.717, 1.165) is 36.5 Å². The van der Waals surface area contributed by atoms with Crippen LogP contribution in [0.1, 0.15) is 11.3 Å². The standard InChI is InChI=1S/C12H12N2O/c1-2-4-9(5-3-1)12-10-8-13-7-6-11(10)14-15-12/h1-5,13H,6-8H2. The lowest BCUT2D eigenvalue weighted by atomic mass is 10.0. The molecule has 0 saturated heterocycles. The minimum atomic E-state index is 0.864. The highest BCUT2D eigenvalue weighted by Gasteiger charge is 2.19. The molecule has 76 valence electrons. The fourth-order valence-electron chi connectivity index (χ4n) is 1.96. The SMILES string of the molecule is c1ccc(-c2onc3c2CNCC3)cc1. The van der Waals surface area contributed by atoms with Crippen molar-refractivity contribution in [3.8, 4) is 11.3 Å². The van der Waals surface area contributed by atoms with Crippen LogP contribution in [0.4, 0.5) is 0 Å². The third-order valence-corrected chi connectivity index (χ3v) is 2.75. The molecule has 0 amide bonds. The second-order valence-corrected chi connectivity index (χ2v) is 3.73. The van der Waals surface area contributed by atoms with Gasteiger partial charge in [0.1, 0.15) is 0 Å². The van der Waals surface area contributed by atoms with Crippen LogP contribution in [0.5, 0.6) is 0 Å². The van der Waals surface area contributed by atoms with E-state index in [2.05, 4.69) is 22.6 Å². The van der Waals surface area contributed by atoms with Crippen LogP contribution in [0.2, 0.25) is 0 Å². The van der Waals surface area contributed by atoms with E-state index in [9.17, 15) is 0 Å². The summed E-state index contributed by atoms with van der Waals surface area (Å²) in [6.45, 7) is 1.86. The van der Waals surface area contributed by atoms with Crippen molar-refractivity contribution in [2.75, 3.05) is 6.54 Å². The summed E-state index contributed by atoms with van der Waals surface area (Å²) in [6.07, 6.45) is 0.964. The average molecular weight is 200 g/mol. The molecule has 1 N–H and O–H groups in total. The maximum atomic E-state index is 5.41. The molecule has 2 heterocycles. The molecule has 2 aromatic rings. The van der Waals surface area contributed by atoms with Gasteiger partial charge in [-0.3, -0.25) is 0 Å². The number of hydrogen-bond acceptors (Lipinski definition) is 3. The van der Waals surface area contributed by atoms with E-state index in [1.54, 1.807) is 0 Å². The first kappa shape index (κ1) is 8.68. The molecule has 0 aliphatic carbocycles. The Kier molecular flexibility index (Phi) is 2.03. The third kappa shape index (κ3) is 1.45. The number of benzene rings is 1. The molecule has 1 aliphatic heterocycles. The summed E-state index contributed by atoms with van der Waals surface area (Å²) in [4.78, 5) is 0. The highest BCUT2D eigenvalue weighted by Crippen LogP contribution is 2.27. The number of nitrogens with one attached hydrogen (secondary N) is 1. The van der Waals surface area contributed by atoms with E-state index in [4.69, 9.17) is 4.52 Å². The summed E-state index contributed by atoms with van der Waals surface area (Å²) in [5.74, 6) is 0.915. The van der Waals surface area contributed by atoms with E-state index < -0.39 is 0 Å². The molecule has 1 aromatic heterocycles. The van der Waals surface area contributed by atoms with Gasteiger partial charge in [-0.2, -0.15) is 0 Å². The van der Waals surface area contributed by atoms with Gasteiger partial charge in [0, 0.05) is 30.6 Å². The van der Waals surface area contributed by atoms with Crippen molar-refractivity contribution >= 4 is 0 Å². The summed E-state index contributed by atoms with van der Waals surface area (Å²) in [6, 6.07) is 10.1. The lowest BCUT2D eigenvalue weighted by Gasteiger charge is -2.10. The molecular weight excluding hydrogens is 188 g/mol. The van der Waals surface area contributed by atoms with Crippen LogP contribution in [-0.4, -0.2) is 11.7 Å². The molecule has 0 fully saturated rings. The molecule has 15 heavy (non-hydrogen) atoms. The number of aromatic nitrogens is 1. The van der Waals surface area contributed by atoms with Crippen molar-refractivity contribution in [1.29, 1.82) is 0 Å². The van der Waals surface area contributed by atoms with Gasteiger partial charge in [0.25, 0.3) is 0 Å². The number of nitrogens with zero attached hydrogens (tertiary/aromatic N) is 1. The maximum absolute atomic E-state index is 5.41. The van der Waals surface area contributed by atoms with Crippen LogP contribution in [0.15, 0.2) is 34.9 Å². The molecule has 1 aliphatic rings. The van der Waals surface area contributed by atoms with E-state index in [0.29, 0.717) is 0 Å². The Bertz CT molecular complexity index is 462. The lowest BCUT2D eigenvalue weighted by Crippen LogP contribution is -2.23. The van der Waals surface area contributed by atoms with Crippen LogP contribution in [0, 0.1) is 0 Å². The van der Waals surface area contributed by atoms with Crippen molar-refractivity contribution in [3.05, 3.63) is 41.6 Å². The van der Waals surface area contributed by atoms with Gasteiger partial charge >= 0.3 is 0 Å². The zero-order valence-electron chi connectivity index (χ0n) is 8.36. The molecular formula is C12H12N2O. The first-order chi connectivity index (χ1) is 7.45. The fraction of sp³-hybridized carbons (Fsp3) is 0.250. The molecule has 3 nitrogen and oxygen atoms in total.